The molecule has 3 rings (SSSR count). The van der Waals surface area contributed by atoms with Gasteiger partial charge in [-0.1, -0.05) is 37.3 Å². The molecule has 1 aromatic carbocycles. The van der Waals surface area contributed by atoms with E-state index in [1.165, 1.54) is 17.7 Å². The summed E-state index contributed by atoms with van der Waals surface area (Å²) in [5.41, 5.74) is 0.655. The number of nitrogens with zero attached hydrogens (tertiary/aromatic N) is 2. The zero-order chi connectivity index (χ0) is 15.7. The fourth-order valence-corrected chi connectivity index (χ4v) is 3.38. The molecule has 0 fully saturated rings. The molecule has 0 saturated carbocycles. The molecule has 0 saturated heterocycles. The second-order valence-electron chi connectivity index (χ2n) is 4.90. The van der Waals surface area contributed by atoms with Gasteiger partial charge in [0.2, 0.25) is 0 Å². The maximum atomic E-state index is 12.5. The standard InChI is InChI=1S/C16H14N2O3S/c1-2-12(16(20)21)18-9-17-14-11(15(18)19)8-13(22-14)10-6-4-3-5-7-10/h3-9,12H,2H2,1H3,(H,20,21)/p-1/t12-/m0/s1. The van der Waals surface area contributed by atoms with Crippen molar-refractivity contribution >= 4 is 27.5 Å². The zero-order valence-corrected chi connectivity index (χ0v) is 12.7. The maximum absolute atomic E-state index is 12.5. The van der Waals surface area contributed by atoms with Gasteiger partial charge in [0, 0.05) is 4.88 Å². The van der Waals surface area contributed by atoms with Gasteiger partial charge in [-0.15, -0.1) is 11.3 Å². The van der Waals surface area contributed by atoms with E-state index in [0.29, 0.717) is 10.2 Å². The summed E-state index contributed by atoms with van der Waals surface area (Å²) in [6, 6.07) is 10.5. The van der Waals surface area contributed by atoms with Crippen LogP contribution in [0.5, 0.6) is 0 Å². The number of aliphatic carboxylic acids is 1. The monoisotopic (exact) mass is 313 g/mol. The third kappa shape index (κ3) is 2.42. The van der Waals surface area contributed by atoms with Crippen molar-refractivity contribution < 1.29 is 9.90 Å². The molecule has 2 aromatic heterocycles. The quantitative estimate of drug-likeness (QED) is 0.736. The summed E-state index contributed by atoms with van der Waals surface area (Å²) in [7, 11) is 0. The minimum absolute atomic E-state index is 0.269. The fourth-order valence-electron chi connectivity index (χ4n) is 2.38. The lowest BCUT2D eigenvalue weighted by Crippen LogP contribution is -2.37. The van der Waals surface area contributed by atoms with Gasteiger partial charge in [-0.3, -0.25) is 9.36 Å². The van der Waals surface area contributed by atoms with Gasteiger partial charge in [0.1, 0.15) is 4.83 Å². The second kappa shape index (κ2) is 5.73. The predicted molar refractivity (Wildman–Crippen MR) is 83.7 cm³/mol. The third-order valence-electron chi connectivity index (χ3n) is 3.53. The van der Waals surface area contributed by atoms with E-state index in [2.05, 4.69) is 4.98 Å². The lowest BCUT2D eigenvalue weighted by atomic mass is 10.2. The van der Waals surface area contributed by atoms with Crippen LogP contribution in [-0.2, 0) is 4.79 Å². The van der Waals surface area contributed by atoms with Gasteiger partial charge in [0.15, 0.2) is 0 Å². The smallest absolute Gasteiger partial charge is 0.262 e. The van der Waals surface area contributed by atoms with Crippen LogP contribution in [0.4, 0.5) is 0 Å². The molecule has 0 bridgehead atoms. The topological polar surface area (TPSA) is 75.0 Å². The van der Waals surface area contributed by atoms with Gasteiger partial charge < -0.3 is 9.90 Å². The van der Waals surface area contributed by atoms with E-state index in [0.717, 1.165) is 15.0 Å². The number of hydrogen-bond acceptors (Lipinski definition) is 5. The Balaban J connectivity index is 2.16. The Bertz CT molecular complexity index is 883. The first-order chi connectivity index (χ1) is 10.6. The van der Waals surface area contributed by atoms with Crippen LogP contribution in [0.3, 0.4) is 0 Å². The highest BCUT2D eigenvalue weighted by Crippen LogP contribution is 2.30. The number of hydrogen-bond donors (Lipinski definition) is 0. The molecule has 6 heteroatoms. The number of aromatic nitrogens is 2. The van der Waals surface area contributed by atoms with E-state index in [-0.39, 0.29) is 12.0 Å². The van der Waals surface area contributed by atoms with Crippen molar-refractivity contribution in [2.24, 2.45) is 0 Å². The van der Waals surface area contributed by atoms with Gasteiger partial charge in [-0.2, -0.15) is 0 Å². The highest BCUT2D eigenvalue weighted by Gasteiger charge is 2.16. The molecule has 0 N–H and O–H groups in total. The van der Waals surface area contributed by atoms with Crippen molar-refractivity contribution in [3.8, 4) is 10.4 Å². The van der Waals surface area contributed by atoms with E-state index >= 15 is 0 Å². The van der Waals surface area contributed by atoms with Crippen molar-refractivity contribution in [1.82, 2.24) is 9.55 Å². The minimum atomic E-state index is -1.27. The van der Waals surface area contributed by atoms with Crippen LogP contribution < -0.4 is 10.7 Å². The molecule has 0 aliphatic rings. The second-order valence-corrected chi connectivity index (χ2v) is 5.93. The zero-order valence-electron chi connectivity index (χ0n) is 11.9. The van der Waals surface area contributed by atoms with Crippen molar-refractivity contribution in [1.29, 1.82) is 0 Å². The molecule has 0 radical (unpaired) electrons. The first kappa shape index (κ1) is 14.5. The third-order valence-corrected chi connectivity index (χ3v) is 4.62. The van der Waals surface area contributed by atoms with Crippen LogP contribution in [0, 0.1) is 0 Å². The number of carboxylic acid groups (broad SMARTS) is 1. The number of rotatable bonds is 4. The molecule has 0 amide bonds. The molecule has 5 nitrogen and oxygen atoms in total. The number of carbonyl (C=O) groups is 1. The number of carboxylic acids is 1. The summed E-state index contributed by atoms with van der Waals surface area (Å²) in [6.45, 7) is 1.69. The number of carbonyl (C=O) groups excluding carboxylic acids is 1. The highest BCUT2D eigenvalue weighted by molar-refractivity contribution is 7.21. The van der Waals surface area contributed by atoms with Crippen LogP contribution in [-0.4, -0.2) is 15.5 Å². The van der Waals surface area contributed by atoms with Crippen molar-refractivity contribution in [2.75, 3.05) is 0 Å². The van der Waals surface area contributed by atoms with Crippen molar-refractivity contribution in [3.63, 3.8) is 0 Å². The molecule has 3 aromatic rings. The molecule has 22 heavy (non-hydrogen) atoms. The molecule has 1 atom stereocenters. The first-order valence-electron chi connectivity index (χ1n) is 6.88. The van der Waals surface area contributed by atoms with E-state index < -0.39 is 12.0 Å². The average molecular weight is 313 g/mol. The van der Waals surface area contributed by atoms with Crippen molar-refractivity contribution in [3.05, 3.63) is 53.1 Å². The van der Waals surface area contributed by atoms with E-state index in [4.69, 9.17) is 0 Å². The van der Waals surface area contributed by atoms with Gasteiger partial charge in [-0.05, 0) is 18.1 Å². The van der Waals surface area contributed by atoms with Gasteiger partial charge in [-0.25, -0.2) is 4.98 Å². The molecular formula is C16H13N2O3S-. The predicted octanol–water partition coefficient (Wildman–Crippen LogP) is 1.83. The van der Waals surface area contributed by atoms with E-state index in [1.807, 2.05) is 30.3 Å². The Morgan fingerprint density at radius 1 is 1.36 bits per heavy atom. The van der Waals surface area contributed by atoms with Gasteiger partial charge >= 0.3 is 0 Å². The highest BCUT2D eigenvalue weighted by atomic mass is 32.1. The van der Waals surface area contributed by atoms with Gasteiger partial charge in [0.25, 0.3) is 5.56 Å². The van der Waals surface area contributed by atoms with Crippen LogP contribution in [0.2, 0.25) is 0 Å². The Hall–Kier alpha value is -2.47. The normalized spacial score (nSPS) is 12.4. The number of fused-ring (bicyclic) bond motifs is 1. The Morgan fingerprint density at radius 3 is 2.73 bits per heavy atom. The minimum Gasteiger partial charge on any atom is -0.548 e. The summed E-state index contributed by atoms with van der Waals surface area (Å²) in [5.74, 6) is -1.27. The molecular weight excluding hydrogens is 300 g/mol. The molecule has 0 aliphatic carbocycles. The fraction of sp³-hybridized carbons (Fsp3) is 0.188. The summed E-state index contributed by atoms with van der Waals surface area (Å²) in [6.07, 6.45) is 1.56. The maximum Gasteiger partial charge on any atom is 0.262 e. The van der Waals surface area contributed by atoms with Gasteiger partial charge in [0.05, 0.1) is 23.7 Å². The van der Waals surface area contributed by atoms with E-state index in [1.54, 1.807) is 13.0 Å². The average Bonchev–Trinajstić information content (AvgIpc) is 2.96. The van der Waals surface area contributed by atoms with Crippen molar-refractivity contribution in [2.45, 2.75) is 19.4 Å². The van der Waals surface area contributed by atoms with Crippen LogP contribution in [0.25, 0.3) is 20.7 Å². The summed E-state index contributed by atoms with van der Waals surface area (Å²) in [5, 5.41) is 11.6. The molecule has 2 heterocycles. The molecule has 0 aliphatic heterocycles. The van der Waals surface area contributed by atoms with E-state index in [9.17, 15) is 14.7 Å². The van der Waals surface area contributed by atoms with Crippen LogP contribution in [0.1, 0.15) is 19.4 Å². The van der Waals surface area contributed by atoms with Crippen LogP contribution in [0.15, 0.2) is 47.5 Å². The lowest BCUT2D eigenvalue weighted by Gasteiger charge is -2.18. The molecule has 0 spiro atoms. The lowest BCUT2D eigenvalue weighted by molar-refractivity contribution is -0.310. The largest absolute Gasteiger partial charge is 0.548 e. The number of benzene rings is 1. The molecule has 0 unspecified atom stereocenters. The summed E-state index contributed by atoms with van der Waals surface area (Å²) >= 11 is 1.41. The summed E-state index contributed by atoms with van der Waals surface area (Å²) < 4.78 is 1.14. The van der Waals surface area contributed by atoms with Crippen LogP contribution >= 0.6 is 11.3 Å². The number of thiophene rings is 1. The Labute approximate surface area is 130 Å². The summed E-state index contributed by atoms with van der Waals surface area (Å²) in [4.78, 5) is 29.4. The Morgan fingerprint density at radius 2 is 2.09 bits per heavy atom. The SMILES string of the molecule is CC[C@@H](C(=O)[O-])n1cnc2sc(-c3ccccc3)cc2c1=O. The Kier molecular flexibility index (Phi) is 3.77. The molecule has 112 valence electrons. The first-order valence-corrected chi connectivity index (χ1v) is 7.70.